The predicted molar refractivity (Wildman–Crippen MR) is 83.1 cm³/mol. The predicted octanol–water partition coefficient (Wildman–Crippen LogP) is 3.38. The van der Waals surface area contributed by atoms with Gasteiger partial charge in [0.05, 0.1) is 11.3 Å². The Morgan fingerprint density at radius 2 is 1.95 bits per heavy atom. The summed E-state index contributed by atoms with van der Waals surface area (Å²) in [6.45, 7) is 4.09. The van der Waals surface area contributed by atoms with E-state index < -0.39 is 12.0 Å². The van der Waals surface area contributed by atoms with Gasteiger partial charge in [-0.15, -0.1) is 0 Å². The number of thiophene rings is 1. The zero-order valence-electron chi connectivity index (χ0n) is 11.8. The van der Waals surface area contributed by atoms with E-state index in [4.69, 9.17) is 0 Å². The first-order chi connectivity index (χ1) is 9.99. The molecule has 3 N–H and O–H groups in total. The molecule has 2 rings (SSSR count). The van der Waals surface area contributed by atoms with Crippen LogP contribution in [0.5, 0.6) is 0 Å². The van der Waals surface area contributed by atoms with Gasteiger partial charge in [-0.3, -0.25) is 0 Å². The van der Waals surface area contributed by atoms with Crippen molar-refractivity contribution in [3.8, 4) is 0 Å². The van der Waals surface area contributed by atoms with E-state index in [0.29, 0.717) is 17.8 Å². The molecule has 110 valence electrons. The van der Waals surface area contributed by atoms with Crippen LogP contribution in [-0.4, -0.2) is 17.1 Å². The molecule has 2 amide bonds. The summed E-state index contributed by atoms with van der Waals surface area (Å²) in [5.41, 5.74) is 3.19. The van der Waals surface area contributed by atoms with Crippen LogP contribution in [0.4, 0.5) is 10.5 Å². The number of anilines is 1. The van der Waals surface area contributed by atoms with Crippen molar-refractivity contribution < 1.29 is 14.7 Å². The molecule has 0 saturated carbocycles. The van der Waals surface area contributed by atoms with Gasteiger partial charge in [-0.25, -0.2) is 9.59 Å². The monoisotopic (exact) mass is 304 g/mol. The summed E-state index contributed by atoms with van der Waals surface area (Å²) in [6.07, 6.45) is 0. The van der Waals surface area contributed by atoms with Gasteiger partial charge in [0.15, 0.2) is 0 Å². The molecule has 1 heterocycles. The number of aromatic carboxylic acids is 1. The lowest BCUT2D eigenvalue weighted by Gasteiger charge is -2.11. The Bertz CT molecular complexity index is 679. The minimum absolute atomic E-state index is 0.111. The second-order valence-electron chi connectivity index (χ2n) is 4.69. The molecule has 0 radical (unpaired) electrons. The lowest BCUT2D eigenvalue weighted by Crippen LogP contribution is -2.29. The van der Waals surface area contributed by atoms with Crippen LogP contribution >= 0.6 is 11.3 Å². The number of nitrogens with one attached hydrogen (secondary N) is 2. The number of urea groups is 1. The van der Waals surface area contributed by atoms with E-state index in [2.05, 4.69) is 10.6 Å². The first-order valence-electron chi connectivity index (χ1n) is 6.38. The summed E-state index contributed by atoms with van der Waals surface area (Å²) in [5, 5.41) is 18.5. The topological polar surface area (TPSA) is 78.4 Å². The molecule has 0 atom stereocenters. The zero-order valence-corrected chi connectivity index (χ0v) is 12.6. The van der Waals surface area contributed by atoms with Gasteiger partial charge in [-0.1, -0.05) is 12.1 Å². The zero-order chi connectivity index (χ0) is 15.4. The summed E-state index contributed by atoms with van der Waals surface area (Å²) in [4.78, 5) is 23.1. The standard InChI is InChI=1S/C15H16N2O3S/c1-9-4-3-5-12(13(9)14(18)19)17-15(20)16-6-11-8-21-7-10(11)2/h3-5,7-8H,6H2,1-2H3,(H,18,19)(H2,16,17,20). The van der Waals surface area contributed by atoms with Gasteiger partial charge in [0.1, 0.15) is 0 Å². The molecule has 0 unspecified atom stereocenters. The van der Waals surface area contributed by atoms with Crippen LogP contribution in [0.15, 0.2) is 29.0 Å². The van der Waals surface area contributed by atoms with Gasteiger partial charge in [0.2, 0.25) is 0 Å². The Kier molecular flexibility index (Phi) is 4.59. The molecular weight excluding hydrogens is 288 g/mol. The maximum atomic E-state index is 11.9. The average Bonchev–Trinajstić information content (AvgIpc) is 2.81. The van der Waals surface area contributed by atoms with Gasteiger partial charge in [-0.05, 0) is 47.4 Å². The normalized spacial score (nSPS) is 10.2. The second kappa shape index (κ2) is 6.41. The first-order valence-corrected chi connectivity index (χ1v) is 7.32. The Morgan fingerprint density at radius 3 is 2.57 bits per heavy atom. The van der Waals surface area contributed by atoms with Crippen LogP contribution < -0.4 is 10.6 Å². The van der Waals surface area contributed by atoms with Gasteiger partial charge < -0.3 is 15.7 Å². The number of benzene rings is 1. The minimum atomic E-state index is -1.06. The number of aryl methyl sites for hydroxylation is 2. The quantitative estimate of drug-likeness (QED) is 0.810. The van der Waals surface area contributed by atoms with Crippen molar-refractivity contribution in [3.63, 3.8) is 0 Å². The fraction of sp³-hybridized carbons (Fsp3) is 0.200. The largest absolute Gasteiger partial charge is 0.478 e. The number of rotatable bonds is 4. The third-order valence-electron chi connectivity index (χ3n) is 3.14. The van der Waals surface area contributed by atoms with E-state index in [-0.39, 0.29) is 5.56 Å². The van der Waals surface area contributed by atoms with E-state index in [9.17, 15) is 14.7 Å². The number of hydrogen-bond donors (Lipinski definition) is 3. The van der Waals surface area contributed by atoms with Crippen molar-refractivity contribution in [2.75, 3.05) is 5.32 Å². The van der Waals surface area contributed by atoms with Crippen molar-refractivity contribution in [1.29, 1.82) is 0 Å². The van der Waals surface area contributed by atoms with E-state index in [1.807, 2.05) is 17.7 Å². The fourth-order valence-electron chi connectivity index (χ4n) is 1.97. The molecular formula is C15H16N2O3S. The van der Waals surface area contributed by atoms with Gasteiger partial charge >= 0.3 is 12.0 Å². The smallest absolute Gasteiger partial charge is 0.338 e. The van der Waals surface area contributed by atoms with Crippen LogP contribution in [0.25, 0.3) is 0 Å². The van der Waals surface area contributed by atoms with E-state index in [1.54, 1.807) is 36.5 Å². The molecule has 21 heavy (non-hydrogen) atoms. The molecule has 1 aromatic heterocycles. The summed E-state index contributed by atoms with van der Waals surface area (Å²) in [6, 6.07) is 4.56. The highest BCUT2D eigenvalue weighted by atomic mass is 32.1. The highest BCUT2D eigenvalue weighted by molar-refractivity contribution is 7.08. The van der Waals surface area contributed by atoms with Gasteiger partial charge in [0, 0.05) is 6.54 Å². The lowest BCUT2D eigenvalue weighted by molar-refractivity contribution is 0.0697. The first kappa shape index (κ1) is 15.1. The summed E-state index contributed by atoms with van der Waals surface area (Å²) in [5.74, 6) is -1.06. The molecule has 6 heteroatoms. The Balaban J connectivity index is 2.05. The summed E-state index contributed by atoms with van der Waals surface area (Å²) in [7, 11) is 0. The van der Waals surface area contributed by atoms with Gasteiger partial charge in [-0.2, -0.15) is 11.3 Å². The van der Waals surface area contributed by atoms with Crippen molar-refractivity contribution in [3.05, 3.63) is 51.2 Å². The van der Waals surface area contributed by atoms with Gasteiger partial charge in [0.25, 0.3) is 0 Å². The molecule has 0 bridgehead atoms. The van der Waals surface area contributed by atoms with Crippen LogP contribution in [-0.2, 0) is 6.54 Å². The van der Waals surface area contributed by atoms with Crippen molar-refractivity contribution in [2.45, 2.75) is 20.4 Å². The third-order valence-corrected chi connectivity index (χ3v) is 4.05. The summed E-state index contributed by atoms with van der Waals surface area (Å²) >= 11 is 1.58. The molecule has 0 aliphatic rings. The maximum Gasteiger partial charge on any atom is 0.338 e. The van der Waals surface area contributed by atoms with E-state index in [1.165, 1.54) is 0 Å². The molecule has 5 nitrogen and oxygen atoms in total. The van der Waals surface area contributed by atoms with E-state index >= 15 is 0 Å². The highest BCUT2D eigenvalue weighted by Gasteiger charge is 2.14. The SMILES string of the molecule is Cc1cscc1CNC(=O)Nc1cccc(C)c1C(=O)O. The number of carboxylic acids is 1. The highest BCUT2D eigenvalue weighted by Crippen LogP contribution is 2.19. The Hall–Kier alpha value is -2.34. The number of carboxylic acid groups (broad SMARTS) is 1. The molecule has 0 spiro atoms. The minimum Gasteiger partial charge on any atom is -0.478 e. The van der Waals surface area contributed by atoms with Crippen LogP contribution in [0.2, 0.25) is 0 Å². The van der Waals surface area contributed by atoms with E-state index in [0.717, 1.165) is 11.1 Å². The average molecular weight is 304 g/mol. The van der Waals surface area contributed by atoms with Crippen LogP contribution in [0.3, 0.4) is 0 Å². The lowest BCUT2D eigenvalue weighted by atomic mass is 10.1. The molecule has 0 aliphatic heterocycles. The summed E-state index contributed by atoms with van der Waals surface area (Å²) < 4.78 is 0. The Labute approximate surface area is 126 Å². The van der Waals surface area contributed by atoms with Crippen molar-refractivity contribution in [1.82, 2.24) is 5.32 Å². The third kappa shape index (κ3) is 3.61. The number of carbonyl (C=O) groups is 2. The fourth-order valence-corrected chi connectivity index (χ4v) is 2.82. The number of hydrogen-bond acceptors (Lipinski definition) is 3. The molecule has 0 saturated heterocycles. The van der Waals surface area contributed by atoms with Crippen molar-refractivity contribution in [2.24, 2.45) is 0 Å². The molecule has 0 aliphatic carbocycles. The second-order valence-corrected chi connectivity index (χ2v) is 5.43. The number of carbonyl (C=O) groups excluding carboxylic acids is 1. The number of amides is 2. The van der Waals surface area contributed by atoms with Crippen LogP contribution in [0.1, 0.15) is 27.0 Å². The van der Waals surface area contributed by atoms with Crippen molar-refractivity contribution >= 4 is 29.0 Å². The Morgan fingerprint density at radius 1 is 1.19 bits per heavy atom. The maximum absolute atomic E-state index is 11.9. The molecule has 1 aromatic carbocycles. The molecule has 0 fully saturated rings. The molecule has 2 aromatic rings. The van der Waals surface area contributed by atoms with Crippen LogP contribution in [0, 0.1) is 13.8 Å².